The molecule has 1 aliphatic carbocycles. The van der Waals surface area contributed by atoms with E-state index in [1.165, 1.54) is 24.4 Å². The lowest BCUT2D eigenvalue weighted by atomic mass is 9.83. The Morgan fingerprint density at radius 3 is 2.61 bits per heavy atom. The zero-order chi connectivity index (χ0) is 23.0. The minimum absolute atomic E-state index is 0.153. The number of sulfone groups is 1. The number of halogens is 2. The van der Waals surface area contributed by atoms with Crippen LogP contribution in [0.1, 0.15) is 53.7 Å². The van der Waals surface area contributed by atoms with E-state index in [0.29, 0.717) is 35.5 Å². The SMILES string of the molecule is Cc1cc(Cl)cnc1C(=O)Nc1ccc(F)c(C(C)CS(=O)(=O)C2(C(=N)N)CCC2)c1. The van der Waals surface area contributed by atoms with Gasteiger partial charge in [-0.25, -0.2) is 17.8 Å². The lowest BCUT2D eigenvalue weighted by Gasteiger charge is -2.40. The second kappa shape index (κ2) is 8.55. The first-order valence-electron chi connectivity index (χ1n) is 9.76. The van der Waals surface area contributed by atoms with Crippen LogP contribution in [0.5, 0.6) is 0 Å². The molecule has 1 atom stereocenters. The fraction of sp³-hybridized carbons (Fsp3) is 0.381. The molecule has 31 heavy (non-hydrogen) atoms. The first kappa shape index (κ1) is 23.1. The van der Waals surface area contributed by atoms with E-state index >= 15 is 0 Å². The van der Waals surface area contributed by atoms with E-state index in [1.807, 2.05) is 0 Å². The fourth-order valence-electron chi connectivity index (χ4n) is 3.79. The number of amides is 1. The normalized spacial score (nSPS) is 16.3. The van der Waals surface area contributed by atoms with Crippen molar-refractivity contribution >= 4 is 38.9 Å². The maximum atomic E-state index is 14.5. The summed E-state index contributed by atoms with van der Waals surface area (Å²) in [6.07, 6.45) is 2.66. The number of nitrogens with zero attached hydrogens (tertiary/aromatic N) is 1. The van der Waals surface area contributed by atoms with Crippen molar-refractivity contribution in [1.29, 1.82) is 5.41 Å². The number of hydrogen-bond acceptors (Lipinski definition) is 5. The summed E-state index contributed by atoms with van der Waals surface area (Å²) in [7, 11) is -3.76. The highest BCUT2D eigenvalue weighted by Crippen LogP contribution is 2.41. The van der Waals surface area contributed by atoms with E-state index < -0.39 is 32.2 Å². The molecular formula is C21H24ClFN4O3S. The molecule has 1 saturated carbocycles. The molecule has 3 rings (SSSR count). The van der Waals surface area contributed by atoms with Crippen molar-refractivity contribution in [2.24, 2.45) is 5.73 Å². The first-order chi connectivity index (χ1) is 14.5. The molecule has 1 unspecified atom stereocenters. The Balaban J connectivity index is 1.82. The van der Waals surface area contributed by atoms with Crippen LogP contribution in [0.25, 0.3) is 0 Å². The molecule has 10 heteroatoms. The molecule has 166 valence electrons. The van der Waals surface area contributed by atoms with Gasteiger partial charge in [0.05, 0.1) is 10.8 Å². The highest BCUT2D eigenvalue weighted by molar-refractivity contribution is 7.93. The summed E-state index contributed by atoms with van der Waals surface area (Å²) in [5.74, 6) is -2.48. The van der Waals surface area contributed by atoms with Gasteiger partial charge in [0.1, 0.15) is 22.1 Å². The van der Waals surface area contributed by atoms with E-state index in [1.54, 1.807) is 19.9 Å². The van der Waals surface area contributed by atoms with Crippen LogP contribution in [-0.4, -0.2) is 35.6 Å². The van der Waals surface area contributed by atoms with Crippen molar-refractivity contribution in [2.45, 2.75) is 43.8 Å². The number of aromatic nitrogens is 1. The number of carbonyl (C=O) groups is 1. The molecule has 4 N–H and O–H groups in total. The van der Waals surface area contributed by atoms with Crippen molar-refractivity contribution in [3.05, 3.63) is 58.1 Å². The summed E-state index contributed by atoms with van der Waals surface area (Å²) < 4.78 is 39.1. The van der Waals surface area contributed by atoms with Gasteiger partial charge in [-0.1, -0.05) is 18.5 Å². The van der Waals surface area contributed by atoms with Crippen molar-refractivity contribution < 1.29 is 17.6 Å². The van der Waals surface area contributed by atoms with E-state index in [-0.39, 0.29) is 22.8 Å². The van der Waals surface area contributed by atoms with Gasteiger partial charge in [-0.15, -0.1) is 0 Å². The number of amidine groups is 1. The minimum atomic E-state index is -3.76. The molecule has 0 bridgehead atoms. The number of pyridine rings is 1. The number of aryl methyl sites for hydroxylation is 1. The van der Waals surface area contributed by atoms with Gasteiger partial charge < -0.3 is 11.1 Å². The number of anilines is 1. The molecule has 0 radical (unpaired) electrons. The Morgan fingerprint density at radius 2 is 2.06 bits per heavy atom. The summed E-state index contributed by atoms with van der Waals surface area (Å²) >= 11 is 5.87. The van der Waals surface area contributed by atoms with Gasteiger partial charge in [0.15, 0.2) is 9.84 Å². The quantitative estimate of drug-likeness (QED) is 0.422. The van der Waals surface area contributed by atoms with Crippen LogP contribution in [0.15, 0.2) is 30.5 Å². The number of nitrogens with two attached hydrogens (primary N) is 1. The average Bonchev–Trinajstić information content (AvgIpc) is 2.60. The Bertz CT molecular complexity index is 1150. The van der Waals surface area contributed by atoms with Crippen molar-refractivity contribution in [3.8, 4) is 0 Å². The predicted octanol–water partition coefficient (Wildman–Crippen LogP) is 3.81. The third-order valence-electron chi connectivity index (χ3n) is 5.76. The smallest absolute Gasteiger partial charge is 0.274 e. The molecule has 1 amide bonds. The molecule has 1 aliphatic rings. The second-order valence-corrected chi connectivity index (χ2v) is 10.7. The van der Waals surface area contributed by atoms with E-state index in [9.17, 15) is 17.6 Å². The summed E-state index contributed by atoms with van der Waals surface area (Å²) in [5.41, 5.74) is 6.82. The average molecular weight is 467 g/mol. The van der Waals surface area contributed by atoms with Gasteiger partial charge in [-0.3, -0.25) is 10.2 Å². The van der Waals surface area contributed by atoms with Crippen molar-refractivity contribution in [1.82, 2.24) is 4.98 Å². The molecule has 2 aromatic rings. The number of hydrogen-bond donors (Lipinski definition) is 3. The van der Waals surface area contributed by atoms with Gasteiger partial charge in [0, 0.05) is 11.9 Å². The van der Waals surface area contributed by atoms with Crippen molar-refractivity contribution in [3.63, 3.8) is 0 Å². The first-order valence-corrected chi connectivity index (χ1v) is 11.8. The van der Waals surface area contributed by atoms with Gasteiger partial charge in [-0.2, -0.15) is 0 Å². The monoisotopic (exact) mass is 466 g/mol. The standard InChI is InChI=1S/C21H24ClFN4O3S/c1-12-8-14(22)10-26-18(12)19(28)27-15-4-5-17(23)16(9-15)13(2)11-31(29,30)21(20(24)25)6-3-7-21/h4-5,8-10,13H,3,6-7,11H2,1-2H3,(H3,24,25)(H,27,28). The van der Waals surface area contributed by atoms with Gasteiger partial charge in [0.25, 0.3) is 5.91 Å². The summed E-state index contributed by atoms with van der Waals surface area (Å²) in [6.45, 7) is 3.29. The van der Waals surface area contributed by atoms with E-state index in [4.69, 9.17) is 22.7 Å². The highest BCUT2D eigenvalue weighted by atomic mass is 35.5. The van der Waals surface area contributed by atoms with Crippen molar-refractivity contribution in [2.75, 3.05) is 11.1 Å². The molecule has 0 saturated heterocycles. The third kappa shape index (κ3) is 4.43. The summed E-state index contributed by atoms with van der Waals surface area (Å²) in [6, 6.07) is 5.60. The second-order valence-electron chi connectivity index (χ2n) is 7.95. The summed E-state index contributed by atoms with van der Waals surface area (Å²) in [4.78, 5) is 16.6. The molecular weight excluding hydrogens is 443 g/mol. The lowest BCUT2D eigenvalue weighted by molar-refractivity contribution is 0.102. The van der Waals surface area contributed by atoms with Crippen LogP contribution in [0.2, 0.25) is 5.02 Å². The topological polar surface area (TPSA) is 126 Å². The molecule has 0 aliphatic heterocycles. The van der Waals surface area contributed by atoms with E-state index in [2.05, 4.69) is 10.3 Å². The van der Waals surface area contributed by atoms with Gasteiger partial charge in [-0.05, 0) is 67.5 Å². The van der Waals surface area contributed by atoms with Gasteiger partial charge >= 0.3 is 0 Å². The number of carbonyl (C=O) groups excluding carboxylic acids is 1. The Labute approximate surface area is 185 Å². The molecule has 1 fully saturated rings. The van der Waals surface area contributed by atoms with Crippen LogP contribution in [-0.2, 0) is 9.84 Å². The maximum absolute atomic E-state index is 14.5. The molecule has 7 nitrogen and oxygen atoms in total. The molecule has 0 spiro atoms. The Hall–Kier alpha value is -2.52. The largest absolute Gasteiger partial charge is 0.386 e. The Morgan fingerprint density at radius 1 is 1.39 bits per heavy atom. The maximum Gasteiger partial charge on any atom is 0.274 e. The third-order valence-corrected chi connectivity index (χ3v) is 8.73. The number of benzene rings is 1. The number of rotatable bonds is 7. The van der Waals surface area contributed by atoms with Crippen LogP contribution >= 0.6 is 11.6 Å². The van der Waals surface area contributed by atoms with Crippen LogP contribution in [0, 0.1) is 18.2 Å². The lowest BCUT2D eigenvalue weighted by Crippen LogP contribution is -2.56. The fourth-order valence-corrected chi connectivity index (χ4v) is 6.41. The van der Waals surface area contributed by atoms with Gasteiger partial charge in [0.2, 0.25) is 0 Å². The predicted molar refractivity (Wildman–Crippen MR) is 119 cm³/mol. The molecule has 1 aromatic carbocycles. The molecule has 1 aromatic heterocycles. The Kier molecular flexibility index (Phi) is 6.38. The minimum Gasteiger partial charge on any atom is -0.386 e. The van der Waals surface area contributed by atoms with Crippen LogP contribution in [0.4, 0.5) is 10.1 Å². The molecule has 1 heterocycles. The zero-order valence-corrected chi connectivity index (χ0v) is 18.8. The zero-order valence-electron chi connectivity index (χ0n) is 17.2. The van der Waals surface area contributed by atoms with Crippen LogP contribution < -0.4 is 11.1 Å². The summed E-state index contributed by atoms with van der Waals surface area (Å²) in [5, 5.41) is 10.8. The number of nitrogens with one attached hydrogen (secondary N) is 2. The highest BCUT2D eigenvalue weighted by Gasteiger charge is 2.51. The van der Waals surface area contributed by atoms with E-state index in [0.717, 1.165) is 0 Å². The van der Waals surface area contributed by atoms with Crippen LogP contribution in [0.3, 0.4) is 0 Å².